The second-order valence-electron chi connectivity index (χ2n) is 6.37. The van der Waals surface area contributed by atoms with E-state index in [1.807, 2.05) is 24.3 Å². The number of carboxylic acid groups (broad SMARTS) is 1. The highest BCUT2D eigenvalue weighted by molar-refractivity contribution is 7.99. The summed E-state index contributed by atoms with van der Waals surface area (Å²) < 4.78 is 5.82. The summed E-state index contributed by atoms with van der Waals surface area (Å²) in [5.74, 6) is -0.760. The predicted octanol–water partition coefficient (Wildman–Crippen LogP) is 4.73. The molecule has 1 aromatic heterocycles. The monoisotopic (exact) mass is 409 g/mol. The van der Waals surface area contributed by atoms with E-state index in [0.717, 1.165) is 10.5 Å². The SMILES string of the molecule is CC(=O)c1ccc(OCc2cccc(Sc3ccc(C(=O)O)cn3)c2)c(C)c1O. The van der Waals surface area contributed by atoms with Gasteiger partial charge in [0, 0.05) is 16.7 Å². The van der Waals surface area contributed by atoms with Gasteiger partial charge in [-0.25, -0.2) is 9.78 Å². The predicted molar refractivity (Wildman–Crippen MR) is 109 cm³/mol. The van der Waals surface area contributed by atoms with Crippen molar-refractivity contribution in [2.45, 2.75) is 30.4 Å². The van der Waals surface area contributed by atoms with Gasteiger partial charge in [0.1, 0.15) is 23.1 Å². The van der Waals surface area contributed by atoms with Gasteiger partial charge >= 0.3 is 5.97 Å². The molecule has 0 bridgehead atoms. The van der Waals surface area contributed by atoms with Crippen LogP contribution in [0.2, 0.25) is 0 Å². The van der Waals surface area contributed by atoms with Crippen LogP contribution in [-0.2, 0) is 6.61 Å². The van der Waals surface area contributed by atoms with Gasteiger partial charge in [0.2, 0.25) is 0 Å². The van der Waals surface area contributed by atoms with Crippen LogP contribution in [0.5, 0.6) is 11.5 Å². The molecule has 0 fully saturated rings. The summed E-state index contributed by atoms with van der Waals surface area (Å²) in [4.78, 5) is 27.5. The number of Topliss-reactive ketones (excluding diaryl/α,β-unsaturated/α-hetero) is 1. The lowest BCUT2D eigenvalue weighted by Crippen LogP contribution is -2.00. The number of aromatic nitrogens is 1. The van der Waals surface area contributed by atoms with Gasteiger partial charge in [-0.2, -0.15) is 0 Å². The molecule has 3 aromatic rings. The van der Waals surface area contributed by atoms with Gasteiger partial charge in [0.25, 0.3) is 0 Å². The van der Waals surface area contributed by atoms with Crippen LogP contribution in [-0.4, -0.2) is 26.9 Å². The summed E-state index contributed by atoms with van der Waals surface area (Å²) in [7, 11) is 0. The molecule has 0 atom stereocenters. The summed E-state index contributed by atoms with van der Waals surface area (Å²) in [6, 6.07) is 14.1. The van der Waals surface area contributed by atoms with Crippen molar-refractivity contribution in [3.05, 3.63) is 77.0 Å². The van der Waals surface area contributed by atoms with E-state index in [0.29, 0.717) is 22.9 Å². The molecule has 2 aromatic carbocycles. The van der Waals surface area contributed by atoms with E-state index in [4.69, 9.17) is 9.84 Å². The lowest BCUT2D eigenvalue weighted by molar-refractivity contribution is 0.0696. The average Bonchev–Trinajstić information content (AvgIpc) is 2.69. The van der Waals surface area contributed by atoms with Crippen molar-refractivity contribution in [1.29, 1.82) is 0 Å². The number of aromatic hydroxyl groups is 1. The van der Waals surface area contributed by atoms with E-state index in [9.17, 15) is 14.7 Å². The van der Waals surface area contributed by atoms with Gasteiger partial charge in [-0.1, -0.05) is 23.9 Å². The molecule has 0 aliphatic carbocycles. The van der Waals surface area contributed by atoms with Crippen LogP contribution in [0.3, 0.4) is 0 Å². The third kappa shape index (κ3) is 4.94. The second-order valence-corrected chi connectivity index (χ2v) is 7.46. The molecule has 148 valence electrons. The zero-order valence-electron chi connectivity index (χ0n) is 15.9. The molecular weight excluding hydrogens is 390 g/mol. The molecular formula is C22H19NO5S. The molecule has 0 aliphatic rings. The second kappa shape index (κ2) is 8.79. The van der Waals surface area contributed by atoms with Gasteiger partial charge in [-0.3, -0.25) is 4.79 Å². The van der Waals surface area contributed by atoms with E-state index in [1.165, 1.54) is 30.9 Å². The molecule has 1 heterocycles. The summed E-state index contributed by atoms with van der Waals surface area (Å²) in [5, 5.41) is 19.8. The Hall–Kier alpha value is -3.32. The minimum absolute atomic E-state index is 0.0600. The fraction of sp³-hybridized carbons (Fsp3) is 0.136. The van der Waals surface area contributed by atoms with E-state index in [-0.39, 0.29) is 22.7 Å². The highest BCUT2D eigenvalue weighted by Gasteiger charge is 2.13. The first-order valence-electron chi connectivity index (χ1n) is 8.77. The van der Waals surface area contributed by atoms with Crippen molar-refractivity contribution in [3.63, 3.8) is 0 Å². The topological polar surface area (TPSA) is 96.7 Å². The minimum Gasteiger partial charge on any atom is -0.507 e. The largest absolute Gasteiger partial charge is 0.507 e. The normalized spacial score (nSPS) is 10.6. The number of phenolic OH excluding ortho intramolecular Hbond substituents is 1. The highest BCUT2D eigenvalue weighted by Crippen LogP contribution is 2.32. The van der Waals surface area contributed by atoms with Gasteiger partial charge in [-0.05, 0) is 55.8 Å². The standard InChI is InChI=1S/C22H19NO5S/c1-13-19(8-7-18(14(2)24)21(13)25)28-12-15-4-3-5-17(10-15)29-20-9-6-16(11-23-20)22(26)27/h3-11,25H,12H2,1-2H3,(H,26,27). The number of pyridine rings is 1. The molecule has 3 rings (SSSR count). The third-order valence-electron chi connectivity index (χ3n) is 4.26. The van der Waals surface area contributed by atoms with E-state index < -0.39 is 5.97 Å². The van der Waals surface area contributed by atoms with Gasteiger partial charge < -0.3 is 14.9 Å². The van der Waals surface area contributed by atoms with Crippen molar-refractivity contribution in [3.8, 4) is 11.5 Å². The number of hydrogen-bond donors (Lipinski definition) is 2. The number of hydrogen-bond acceptors (Lipinski definition) is 6. The van der Waals surface area contributed by atoms with Crippen molar-refractivity contribution >= 4 is 23.5 Å². The maximum atomic E-state index is 11.5. The number of phenols is 1. The number of carbonyl (C=O) groups is 2. The summed E-state index contributed by atoms with van der Waals surface area (Å²) in [5.41, 5.74) is 1.86. The quantitative estimate of drug-likeness (QED) is 0.545. The van der Waals surface area contributed by atoms with Crippen LogP contribution >= 0.6 is 11.8 Å². The number of carboxylic acids is 1. The van der Waals surface area contributed by atoms with Gasteiger partial charge in [0.15, 0.2) is 5.78 Å². The molecule has 0 saturated heterocycles. The van der Waals surface area contributed by atoms with Crippen LogP contribution in [0.4, 0.5) is 0 Å². The van der Waals surface area contributed by atoms with Crippen LogP contribution in [0, 0.1) is 6.92 Å². The first-order valence-corrected chi connectivity index (χ1v) is 9.59. The summed E-state index contributed by atoms with van der Waals surface area (Å²) >= 11 is 1.42. The zero-order chi connectivity index (χ0) is 21.0. The number of carbonyl (C=O) groups excluding carboxylic acids is 1. The van der Waals surface area contributed by atoms with Crippen LogP contribution in [0.25, 0.3) is 0 Å². The Bertz CT molecular complexity index is 1060. The molecule has 0 aliphatic heterocycles. The summed E-state index contributed by atoms with van der Waals surface area (Å²) in [6.07, 6.45) is 1.33. The Morgan fingerprint density at radius 3 is 2.59 bits per heavy atom. The molecule has 0 unspecified atom stereocenters. The van der Waals surface area contributed by atoms with Crippen molar-refractivity contribution in [2.24, 2.45) is 0 Å². The fourth-order valence-corrected chi connectivity index (χ4v) is 3.51. The van der Waals surface area contributed by atoms with Gasteiger partial charge in [-0.15, -0.1) is 0 Å². The van der Waals surface area contributed by atoms with Crippen LogP contribution in [0.15, 0.2) is 64.6 Å². The van der Waals surface area contributed by atoms with Crippen LogP contribution in [0.1, 0.15) is 38.8 Å². The first kappa shape index (κ1) is 20.4. The van der Waals surface area contributed by atoms with E-state index in [1.54, 1.807) is 25.1 Å². The number of aromatic carboxylic acids is 1. The van der Waals surface area contributed by atoms with E-state index >= 15 is 0 Å². The first-order chi connectivity index (χ1) is 13.8. The third-order valence-corrected chi connectivity index (χ3v) is 5.20. The Morgan fingerprint density at radius 1 is 1.14 bits per heavy atom. The number of ketones is 1. The average molecular weight is 409 g/mol. The maximum Gasteiger partial charge on any atom is 0.337 e. The molecule has 6 nitrogen and oxygen atoms in total. The van der Waals surface area contributed by atoms with Crippen molar-refractivity contribution < 1.29 is 24.5 Å². The lowest BCUT2D eigenvalue weighted by Gasteiger charge is -2.12. The van der Waals surface area contributed by atoms with Crippen molar-refractivity contribution in [1.82, 2.24) is 4.98 Å². The molecule has 0 saturated carbocycles. The molecule has 2 N–H and O–H groups in total. The number of nitrogens with zero attached hydrogens (tertiary/aromatic N) is 1. The Kier molecular flexibility index (Phi) is 6.19. The number of ether oxygens (including phenoxy) is 1. The molecule has 0 amide bonds. The maximum absolute atomic E-state index is 11.5. The van der Waals surface area contributed by atoms with E-state index in [2.05, 4.69) is 4.98 Å². The molecule has 7 heteroatoms. The Balaban J connectivity index is 1.69. The molecule has 0 spiro atoms. The van der Waals surface area contributed by atoms with Crippen LogP contribution < -0.4 is 4.74 Å². The lowest BCUT2D eigenvalue weighted by atomic mass is 10.1. The smallest absolute Gasteiger partial charge is 0.337 e. The molecule has 29 heavy (non-hydrogen) atoms. The number of rotatable bonds is 7. The fourth-order valence-electron chi connectivity index (χ4n) is 2.67. The van der Waals surface area contributed by atoms with Crippen molar-refractivity contribution in [2.75, 3.05) is 0 Å². The number of benzene rings is 2. The van der Waals surface area contributed by atoms with Gasteiger partial charge in [0.05, 0.1) is 11.1 Å². The molecule has 0 radical (unpaired) electrons. The highest BCUT2D eigenvalue weighted by atomic mass is 32.2. The minimum atomic E-state index is -1.01. The Labute approximate surface area is 172 Å². The Morgan fingerprint density at radius 2 is 1.93 bits per heavy atom. The zero-order valence-corrected chi connectivity index (χ0v) is 16.7. The summed E-state index contributed by atoms with van der Waals surface area (Å²) in [6.45, 7) is 3.40.